The Morgan fingerprint density at radius 2 is 2.17 bits per heavy atom. The van der Waals surface area contributed by atoms with Gasteiger partial charge in [0.05, 0.1) is 11.3 Å². The molecule has 0 unspecified atom stereocenters. The lowest BCUT2D eigenvalue weighted by Gasteiger charge is -2.00. The zero-order valence-electron chi connectivity index (χ0n) is 11.5. The number of primary amides is 1. The Labute approximate surface area is 139 Å². The molecule has 3 rings (SSSR count). The van der Waals surface area contributed by atoms with E-state index in [9.17, 15) is 9.59 Å². The Kier molecular flexibility index (Phi) is 4.09. The standard InChI is InChI=1S/C14H10ClN5O2S/c15-11-2-1-7(4-18-11)13(22)20-14-19-10(6-23-14)8-3-9(12(16)21)17-5-8/h1-6,17H,(H2,16,21)(H,19,20,22). The Morgan fingerprint density at radius 1 is 1.35 bits per heavy atom. The average molecular weight is 348 g/mol. The summed E-state index contributed by atoms with van der Waals surface area (Å²) in [6.07, 6.45) is 3.02. The Bertz CT molecular complexity index is 871. The number of pyridine rings is 1. The van der Waals surface area contributed by atoms with Gasteiger partial charge in [0.2, 0.25) is 0 Å². The highest BCUT2D eigenvalue weighted by Gasteiger charge is 2.12. The highest BCUT2D eigenvalue weighted by atomic mass is 35.5. The van der Waals surface area contributed by atoms with Crippen LogP contribution in [0.2, 0.25) is 5.15 Å². The summed E-state index contributed by atoms with van der Waals surface area (Å²) in [6.45, 7) is 0. The molecule has 116 valence electrons. The SMILES string of the molecule is NC(=O)c1cc(-c2csc(NC(=O)c3ccc(Cl)nc3)n2)c[nH]1. The lowest BCUT2D eigenvalue weighted by molar-refractivity contribution is 0.0994. The van der Waals surface area contributed by atoms with Gasteiger partial charge < -0.3 is 10.7 Å². The minimum Gasteiger partial charge on any atom is -0.364 e. The van der Waals surface area contributed by atoms with Gasteiger partial charge in [-0.3, -0.25) is 14.9 Å². The number of aromatic amines is 1. The first-order valence-electron chi connectivity index (χ1n) is 6.40. The fraction of sp³-hybridized carbons (Fsp3) is 0. The number of amides is 2. The summed E-state index contributed by atoms with van der Waals surface area (Å²) in [5, 5.41) is 5.20. The van der Waals surface area contributed by atoms with Crippen LogP contribution in [0.1, 0.15) is 20.8 Å². The molecule has 2 amide bonds. The van der Waals surface area contributed by atoms with Crippen LogP contribution in [0.25, 0.3) is 11.3 Å². The summed E-state index contributed by atoms with van der Waals surface area (Å²) in [5.41, 5.74) is 7.21. The van der Waals surface area contributed by atoms with Crippen LogP contribution in [0, 0.1) is 0 Å². The van der Waals surface area contributed by atoms with Crippen molar-refractivity contribution in [1.82, 2.24) is 15.0 Å². The highest BCUT2D eigenvalue weighted by molar-refractivity contribution is 7.14. The summed E-state index contributed by atoms with van der Waals surface area (Å²) in [7, 11) is 0. The molecule has 23 heavy (non-hydrogen) atoms. The molecule has 3 aromatic rings. The maximum Gasteiger partial charge on any atom is 0.265 e. The molecular formula is C14H10ClN5O2S. The van der Waals surface area contributed by atoms with Gasteiger partial charge in [-0.2, -0.15) is 0 Å². The number of carbonyl (C=O) groups is 2. The number of hydrogen-bond acceptors (Lipinski definition) is 5. The minimum atomic E-state index is -0.546. The molecule has 0 aliphatic heterocycles. The van der Waals surface area contributed by atoms with E-state index >= 15 is 0 Å². The summed E-state index contributed by atoms with van der Waals surface area (Å²) < 4.78 is 0. The Hall–Kier alpha value is -2.71. The fourth-order valence-electron chi connectivity index (χ4n) is 1.83. The van der Waals surface area contributed by atoms with Crippen LogP contribution in [0.15, 0.2) is 36.0 Å². The number of H-pyrrole nitrogens is 1. The quantitative estimate of drug-likeness (QED) is 0.629. The second kappa shape index (κ2) is 6.19. The van der Waals surface area contributed by atoms with E-state index in [1.165, 1.54) is 23.6 Å². The van der Waals surface area contributed by atoms with E-state index in [4.69, 9.17) is 17.3 Å². The van der Waals surface area contributed by atoms with E-state index in [-0.39, 0.29) is 5.91 Å². The van der Waals surface area contributed by atoms with Gasteiger partial charge >= 0.3 is 0 Å². The minimum absolute atomic E-state index is 0.297. The third-order valence-electron chi connectivity index (χ3n) is 2.96. The van der Waals surface area contributed by atoms with Gasteiger partial charge in [-0.1, -0.05) is 11.6 Å². The number of nitrogens with zero attached hydrogens (tertiary/aromatic N) is 2. The molecule has 0 fully saturated rings. The number of rotatable bonds is 4. The molecule has 9 heteroatoms. The molecule has 0 radical (unpaired) electrons. The largest absolute Gasteiger partial charge is 0.364 e. The van der Waals surface area contributed by atoms with Crippen LogP contribution in [-0.4, -0.2) is 26.8 Å². The third kappa shape index (κ3) is 3.38. The van der Waals surface area contributed by atoms with Crippen LogP contribution < -0.4 is 11.1 Å². The monoisotopic (exact) mass is 347 g/mol. The van der Waals surface area contributed by atoms with Crippen molar-refractivity contribution in [2.45, 2.75) is 0 Å². The van der Waals surface area contributed by atoms with Crippen molar-refractivity contribution in [3.8, 4) is 11.3 Å². The van der Waals surface area contributed by atoms with E-state index in [1.807, 2.05) is 0 Å². The van der Waals surface area contributed by atoms with Crippen molar-refractivity contribution in [3.63, 3.8) is 0 Å². The van der Waals surface area contributed by atoms with Crippen molar-refractivity contribution in [2.75, 3.05) is 5.32 Å². The van der Waals surface area contributed by atoms with Crippen LogP contribution in [0.5, 0.6) is 0 Å². The maximum absolute atomic E-state index is 12.1. The summed E-state index contributed by atoms with van der Waals surface area (Å²) in [4.78, 5) is 34.1. The summed E-state index contributed by atoms with van der Waals surface area (Å²) in [6, 6.07) is 4.71. The molecule has 0 atom stereocenters. The predicted octanol–water partition coefficient (Wildman–Crippen LogP) is 2.54. The average Bonchev–Trinajstić information content (AvgIpc) is 3.16. The molecule has 0 aliphatic rings. The molecule has 3 aromatic heterocycles. The zero-order chi connectivity index (χ0) is 16.4. The van der Waals surface area contributed by atoms with Gasteiger partial charge in [0, 0.05) is 23.3 Å². The number of nitrogens with one attached hydrogen (secondary N) is 2. The third-order valence-corrected chi connectivity index (χ3v) is 3.94. The normalized spacial score (nSPS) is 10.5. The molecule has 4 N–H and O–H groups in total. The summed E-state index contributed by atoms with van der Waals surface area (Å²) >= 11 is 6.95. The molecule has 0 saturated carbocycles. The first-order valence-corrected chi connectivity index (χ1v) is 7.66. The van der Waals surface area contributed by atoms with Gasteiger partial charge in [0.15, 0.2) is 5.13 Å². The van der Waals surface area contributed by atoms with Gasteiger partial charge in [-0.15, -0.1) is 11.3 Å². The smallest absolute Gasteiger partial charge is 0.265 e. The Balaban J connectivity index is 1.75. The van der Waals surface area contributed by atoms with Gasteiger partial charge in [-0.25, -0.2) is 9.97 Å². The van der Waals surface area contributed by atoms with Gasteiger partial charge in [-0.05, 0) is 18.2 Å². The molecule has 0 bridgehead atoms. The van der Waals surface area contributed by atoms with Crippen LogP contribution >= 0.6 is 22.9 Å². The summed E-state index contributed by atoms with van der Waals surface area (Å²) in [5.74, 6) is -0.878. The molecule has 0 saturated heterocycles. The van der Waals surface area contributed by atoms with E-state index in [1.54, 1.807) is 23.7 Å². The molecular weight excluding hydrogens is 338 g/mol. The molecule has 0 spiro atoms. The fourth-order valence-corrected chi connectivity index (χ4v) is 2.65. The van der Waals surface area contributed by atoms with E-state index in [2.05, 4.69) is 20.3 Å². The highest BCUT2D eigenvalue weighted by Crippen LogP contribution is 2.25. The zero-order valence-corrected chi connectivity index (χ0v) is 13.1. The van der Waals surface area contributed by atoms with Crippen LogP contribution in [-0.2, 0) is 0 Å². The number of hydrogen-bond donors (Lipinski definition) is 3. The first kappa shape index (κ1) is 15.2. The van der Waals surface area contributed by atoms with E-state index in [0.29, 0.717) is 32.8 Å². The second-order valence-corrected chi connectivity index (χ2v) is 5.77. The number of aromatic nitrogens is 3. The number of nitrogens with two attached hydrogens (primary N) is 1. The molecule has 3 heterocycles. The lowest BCUT2D eigenvalue weighted by Crippen LogP contribution is -2.11. The van der Waals surface area contributed by atoms with Crippen LogP contribution in [0.3, 0.4) is 0 Å². The number of carbonyl (C=O) groups excluding carboxylic acids is 2. The molecule has 0 aromatic carbocycles. The van der Waals surface area contributed by atoms with Crippen molar-refractivity contribution in [3.05, 3.63) is 52.4 Å². The molecule has 0 aliphatic carbocycles. The number of halogens is 1. The maximum atomic E-state index is 12.1. The van der Waals surface area contributed by atoms with Crippen LogP contribution in [0.4, 0.5) is 5.13 Å². The lowest BCUT2D eigenvalue weighted by atomic mass is 10.2. The van der Waals surface area contributed by atoms with Crippen molar-refractivity contribution in [1.29, 1.82) is 0 Å². The topological polar surface area (TPSA) is 114 Å². The van der Waals surface area contributed by atoms with E-state index in [0.717, 1.165) is 0 Å². The first-order chi connectivity index (χ1) is 11.0. The Morgan fingerprint density at radius 3 is 2.83 bits per heavy atom. The van der Waals surface area contributed by atoms with Crippen molar-refractivity contribution in [2.24, 2.45) is 5.73 Å². The predicted molar refractivity (Wildman–Crippen MR) is 87.6 cm³/mol. The van der Waals surface area contributed by atoms with E-state index < -0.39 is 5.91 Å². The van der Waals surface area contributed by atoms with Gasteiger partial charge in [0.1, 0.15) is 10.8 Å². The van der Waals surface area contributed by atoms with Gasteiger partial charge in [0.25, 0.3) is 11.8 Å². The number of thiazole rings is 1. The molecule has 7 nitrogen and oxygen atoms in total. The number of anilines is 1. The van der Waals surface area contributed by atoms with Crippen molar-refractivity contribution < 1.29 is 9.59 Å². The van der Waals surface area contributed by atoms with Crippen molar-refractivity contribution >= 4 is 39.9 Å². The second-order valence-electron chi connectivity index (χ2n) is 4.53.